The molecule has 2 fully saturated rings. The minimum absolute atomic E-state index is 0.159. The Morgan fingerprint density at radius 1 is 1.07 bits per heavy atom. The minimum atomic E-state index is -3.89. The van der Waals surface area contributed by atoms with Crippen molar-refractivity contribution in [2.75, 3.05) is 17.5 Å². The fourth-order valence-corrected chi connectivity index (χ4v) is 6.16. The van der Waals surface area contributed by atoms with Gasteiger partial charge < -0.3 is 10.1 Å². The van der Waals surface area contributed by atoms with Crippen LogP contribution in [0.25, 0.3) is 0 Å². The third kappa shape index (κ3) is 4.31. The Hall–Kier alpha value is -2.54. The van der Waals surface area contributed by atoms with Crippen LogP contribution < -0.4 is 14.4 Å². The molecule has 0 aromatic heterocycles. The number of hydrogen-bond donors (Lipinski definition) is 1. The molecule has 0 radical (unpaired) electrons. The van der Waals surface area contributed by atoms with Gasteiger partial charge in [0.05, 0.1) is 17.2 Å². The normalized spacial score (nSPS) is 22.6. The van der Waals surface area contributed by atoms with Gasteiger partial charge >= 0.3 is 0 Å². The number of benzene rings is 2. The van der Waals surface area contributed by atoms with Crippen LogP contribution in [0.4, 0.5) is 5.69 Å². The van der Waals surface area contributed by atoms with Gasteiger partial charge in [0.25, 0.3) is 10.0 Å². The fourth-order valence-electron chi connectivity index (χ4n) is 4.71. The largest absolute Gasteiger partial charge is 0.494 e. The predicted molar refractivity (Wildman–Crippen MR) is 116 cm³/mol. The van der Waals surface area contributed by atoms with Crippen molar-refractivity contribution in [2.24, 2.45) is 11.8 Å². The Balaban J connectivity index is 1.57. The number of amides is 1. The molecule has 0 heterocycles. The topological polar surface area (TPSA) is 75.7 Å². The molecule has 2 aliphatic carbocycles. The molecule has 2 aromatic carbocycles. The van der Waals surface area contributed by atoms with Gasteiger partial charge in [-0.3, -0.25) is 9.10 Å². The van der Waals surface area contributed by atoms with Crippen LogP contribution in [0.1, 0.15) is 32.6 Å². The van der Waals surface area contributed by atoms with Gasteiger partial charge in [-0.15, -0.1) is 0 Å². The first-order valence-electron chi connectivity index (χ1n) is 10.6. The number of fused-ring (bicyclic) bond motifs is 2. The summed E-state index contributed by atoms with van der Waals surface area (Å²) in [6, 6.07) is 15.2. The number of carbonyl (C=O) groups excluding carboxylic acids is 1. The lowest BCUT2D eigenvalue weighted by atomic mass is 9.95. The number of rotatable bonds is 8. The molecule has 0 saturated heterocycles. The number of nitrogens with one attached hydrogen (secondary N) is 1. The summed E-state index contributed by atoms with van der Waals surface area (Å²) in [6.45, 7) is 2.16. The van der Waals surface area contributed by atoms with Crippen molar-refractivity contribution < 1.29 is 17.9 Å². The summed E-state index contributed by atoms with van der Waals surface area (Å²) >= 11 is 0. The highest BCUT2D eigenvalue weighted by Gasteiger charge is 2.40. The highest BCUT2D eigenvalue weighted by molar-refractivity contribution is 7.92. The number of ether oxygens (including phenoxy) is 1. The van der Waals surface area contributed by atoms with Gasteiger partial charge in [0.15, 0.2) is 0 Å². The van der Waals surface area contributed by atoms with E-state index in [1.807, 2.05) is 6.92 Å². The van der Waals surface area contributed by atoms with Gasteiger partial charge in [0.2, 0.25) is 5.91 Å². The number of carbonyl (C=O) groups is 1. The van der Waals surface area contributed by atoms with E-state index in [-0.39, 0.29) is 23.4 Å². The molecule has 0 aliphatic heterocycles. The van der Waals surface area contributed by atoms with Crippen LogP contribution in [0.5, 0.6) is 5.75 Å². The van der Waals surface area contributed by atoms with Crippen LogP contribution in [0, 0.1) is 11.8 Å². The monoisotopic (exact) mass is 428 g/mol. The molecular formula is C23H28N2O4S. The summed E-state index contributed by atoms with van der Waals surface area (Å²) in [5.41, 5.74) is 0.436. The zero-order chi connectivity index (χ0) is 21.1. The Labute approximate surface area is 178 Å². The van der Waals surface area contributed by atoms with Gasteiger partial charge in [0, 0.05) is 6.04 Å². The Morgan fingerprint density at radius 3 is 2.40 bits per heavy atom. The van der Waals surface area contributed by atoms with Gasteiger partial charge in [-0.25, -0.2) is 8.42 Å². The SMILES string of the molecule is CCOc1ccc(N(CC(=O)N[C@H]2C[C@H]3CC[C@H]2C3)S(=O)(=O)c2ccccc2)cc1. The fraction of sp³-hybridized carbons (Fsp3) is 0.435. The molecule has 2 bridgehead atoms. The third-order valence-corrected chi connectivity index (χ3v) is 7.93. The van der Waals surface area contributed by atoms with E-state index in [1.165, 1.54) is 17.1 Å². The van der Waals surface area contributed by atoms with Crippen LogP contribution in [0.15, 0.2) is 59.5 Å². The molecule has 7 heteroatoms. The standard InChI is InChI=1S/C23H28N2O4S/c1-2-29-20-12-10-19(11-13-20)25(30(27,28)21-6-4-3-5-7-21)16-23(26)24-22-15-17-8-9-18(22)14-17/h3-7,10-13,17-18,22H,2,8-9,14-16H2,1H3,(H,24,26)/t17-,18-,22-/m0/s1. The number of anilines is 1. The first kappa shape index (κ1) is 20.7. The van der Waals surface area contributed by atoms with Crippen molar-refractivity contribution in [1.29, 1.82) is 0 Å². The first-order valence-corrected chi connectivity index (χ1v) is 12.0. The van der Waals surface area contributed by atoms with Gasteiger partial charge in [0.1, 0.15) is 12.3 Å². The zero-order valence-corrected chi connectivity index (χ0v) is 18.0. The summed E-state index contributed by atoms with van der Waals surface area (Å²) in [7, 11) is -3.89. The second-order valence-corrected chi connectivity index (χ2v) is 9.96. The summed E-state index contributed by atoms with van der Waals surface area (Å²) in [4.78, 5) is 13.0. The molecule has 0 unspecified atom stereocenters. The molecule has 2 aliphatic rings. The number of hydrogen-bond acceptors (Lipinski definition) is 4. The maximum atomic E-state index is 13.4. The summed E-state index contributed by atoms with van der Waals surface area (Å²) in [5, 5.41) is 3.10. The third-order valence-electron chi connectivity index (χ3n) is 6.14. The molecule has 1 amide bonds. The molecule has 6 nitrogen and oxygen atoms in total. The van der Waals surface area contributed by atoms with E-state index < -0.39 is 10.0 Å². The maximum Gasteiger partial charge on any atom is 0.264 e. The molecule has 3 atom stereocenters. The van der Waals surface area contributed by atoms with Gasteiger partial charge in [-0.2, -0.15) is 0 Å². The lowest BCUT2D eigenvalue weighted by Gasteiger charge is -2.27. The lowest BCUT2D eigenvalue weighted by molar-refractivity contribution is -0.120. The van der Waals surface area contributed by atoms with Crippen LogP contribution in [0.2, 0.25) is 0 Å². The van der Waals surface area contributed by atoms with E-state index in [0.717, 1.165) is 12.8 Å². The first-order chi connectivity index (χ1) is 14.5. The van der Waals surface area contributed by atoms with Crippen LogP contribution in [0.3, 0.4) is 0 Å². The van der Waals surface area contributed by atoms with Crippen molar-refractivity contribution in [3.8, 4) is 5.75 Å². The van der Waals surface area contributed by atoms with Gasteiger partial charge in [-0.1, -0.05) is 24.6 Å². The van der Waals surface area contributed by atoms with Crippen molar-refractivity contribution in [3.05, 3.63) is 54.6 Å². The van der Waals surface area contributed by atoms with Crippen molar-refractivity contribution >= 4 is 21.6 Å². The van der Waals surface area contributed by atoms with E-state index in [9.17, 15) is 13.2 Å². The van der Waals surface area contributed by atoms with Crippen molar-refractivity contribution in [3.63, 3.8) is 0 Å². The van der Waals surface area contributed by atoms with E-state index in [1.54, 1.807) is 54.6 Å². The second-order valence-electron chi connectivity index (χ2n) is 8.10. The van der Waals surface area contributed by atoms with E-state index >= 15 is 0 Å². The predicted octanol–water partition coefficient (Wildman–Crippen LogP) is 3.59. The molecule has 2 saturated carbocycles. The quantitative estimate of drug-likeness (QED) is 0.697. The molecular weight excluding hydrogens is 400 g/mol. The lowest BCUT2D eigenvalue weighted by Crippen LogP contribution is -2.45. The van der Waals surface area contributed by atoms with E-state index in [0.29, 0.717) is 29.9 Å². The van der Waals surface area contributed by atoms with Crippen LogP contribution in [-0.2, 0) is 14.8 Å². The molecule has 4 rings (SSSR count). The zero-order valence-electron chi connectivity index (χ0n) is 17.2. The maximum absolute atomic E-state index is 13.4. The Morgan fingerprint density at radius 2 is 1.80 bits per heavy atom. The van der Waals surface area contributed by atoms with Crippen molar-refractivity contribution in [1.82, 2.24) is 5.32 Å². The Kier molecular flexibility index (Phi) is 5.99. The van der Waals surface area contributed by atoms with E-state index in [4.69, 9.17) is 4.74 Å². The highest BCUT2D eigenvalue weighted by Crippen LogP contribution is 2.44. The minimum Gasteiger partial charge on any atom is -0.494 e. The highest BCUT2D eigenvalue weighted by atomic mass is 32.2. The molecule has 2 aromatic rings. The van der Waals surface area contributed by atoms with Crippen LogP contribution in [-0.4, -0.2) is 33.5 Å². The average molecular weight is 429 g/mol. The summed E-state index contributed by atoms with van der Waals surface area (Å²) in [6.07, 6.45) is 4.58. The van der Waals surface area contributed by atoms with Crippen molar-refractivity contribution in [2.45, 2.75) is 43.5 Å². The second kappa shape index (κ2) is 8.68. The summed E-state index contributed by atoms with van der Waals surface area (Å²) in [5.74, 6) is 1.63. The smallest absolute Gasteiger partial charge is 0.264 e. The number of sulfonamides is 1. The molecule has 30 heavy (non-hydrogen) atoms. The molecule has 1 N–H and O–H groups in total. The Bertz CT molecular complexity index is 976. The molecule has 0 spiro atoms. The molecule has 160 valence electrons. The number of nitrogens with zero attached hydrogens (tertiary/aromatic N) is 1. The van der Waals surface area contributed by atoms with Gasteiger partial charge in [-0.05, 0) is 74.4 Å². The van der Waals surface area contributed by atoms with Crippen LogP contribution >= 0.6 is 0 Å². The average Bonchev–Trinajstić information content (AvgIpc) is 3.37. The summed E-state index contributed by atoms with van der Waals surface area (Å²) < 4.78 is 33.4. The van der Waals surface area contributed by atoms with E-state index in [2.05, 4.69) is 5.32 Å².